The van der Waals surface area contributed by atoms with Gasteiger partial charge in [-0.3, -0.25) is 4.79 Å². The first-order valence-corrected chi connectivity index (χ1v) is 3.45. The lowest BCUT2D eigenvalue weighted by Crippen LogP contribution is -2.08. The van der Waals surface area contributed by atoms with Gasteiger partial charge in [0.05, 0.1) is 23.5 Å². The van der Waals surface area contributed by atoms with Gasteiger partial charge in [0, 0.05) is 5.39 Å². The van der Waals surface area contributed by atoms with Crippen molar-refractivity contribution in [2.45, 2.75) is 6.92 Å². The van der Waals surface area contributed by atoms with Gasteiger partial charge in [-0.2, -0.15) is 15.3 Å². The molecule has 1 N–H and O–H groups in total. The van der Waals surface area contributed by atoms with Crippen LogP contribution in [0.3, 0.4) is 0 Å². The minimum atomic E-state index is -0.231. The lowest BCUT2D eigenvalue weighted by Gasteiger charge is -1.95. The van der Waals surface area contributed by atoms with Crippen LogP contribution in [0.4, 0.5) is 0 Å². The van der Waals surface area contributed by atoms with E-state index in [9.17, 15) is 4.79 Å². The zero-order valence-corrected chi connectivity index (χ0v) is 6.40. The summed E-state index contributed by atoms with van der Waals surface area (Å²) in [6.45, 7) is 1.79. The zero-order chi connectivity index (χ0) is 8.55. The third-order valence-electron chi connectivity index (χ3n) is 1.68. The van der Waals surface area contributed by atoms with Crippen LogP contribution >= 0.6 is 0 Å². The van der Waals surface area contributed by atoms with Crippen molar-refractivity contribution in [2.75, 3.05) is 0 Å². The molecule has 2 rings (SSSR count). The first kappa shape index (κ1) is 6.90. The molecule has 0 unspecified atom stereocenters. The summed E-state index contributed by atoms with van der Waals surface area (Å²) < 4.78 is 0. The molecular weight excluding hydrogens is 156 g/mol. The van der Waals surface area contributed by atoms with Crippen LogP contribution in [0.15, 0.2) is 17.2 Å². The highest BCUT2D eigenvalue weighted by Crippen LogP contribution is 2.07. The summed E-state index contributed by atoms with van der Waals surface area (Å²) in [5.41, 5.74) is 0.483. The molecular formula is C7H6N4O. The van der Waals surface area contributed by atoms with E-state index in [-0.39, 0.29) is 5.56 Å². The van der Waals surface area contributed by atoms with E-state index in [1.807, 2.05) is 0 Å². The fraction of sp³-hybridized carbons (Fsp3) is 0.143. The standard InChI is InChI=1S/C7H6N4O/c1-4-5-2-9-11-7(12)6(5)3-8-10-4/h2-3H,1H3,(H,11,12). The van der Waals surface area contributed by atoms with Crippen LogP contribution in [0.2, 0.25) is 0 Å². The normalized spacial score (nSPS) is 10.4. The SMILES string of the molecule is Cc1nncc2c(=O)[nH]ncc12. The average Bonchev–Trinajstić information content (AvgIpc) is 2.07. The molecule has 2 heterocycles. The van der Waals surface area contributed by atoms with Crippen molar-refractivity contribution < 1.29 is 0 Å². The molecule has 0 bridgehead atoms. The van der Waals surface area contributed by atoms with Crippen LogP contribution in [0, 0.1) is 6.92 Å². The number of aryl methyl sites for hydroxylation is 1. The summed E-state index contributed by atoms with van der Waals surface area (Å²) >= 11 is 0. The van der Waals surface area contributed by atoms with Crippen molar-refractivity contribution >= 4 is 10.8 Å². The Labute approximate surface area is 67.5 Å². The Balaban J connectivity index is 3.05. The van der Waals surface area contributed by atoms with Crippen molar-refractivity contribution in [3.05, 3.63) is 28.4 Å². The lowest BCUT2D eigenvalue weighted by atomic mass is 10.2. The molecule has 0 aromatic carbocycles. The van der Waals surface area contributed by atoms with Crippen LogP contribution in [0.5, 0.6) is 0 Å². The fourth-order valence-electron chi connectivity index (χ4n) is 1.05. The Morgan fingerprint density at radius 2 is 2.17 bits per heavy atom. The molecule has 60 valence electrons. The molecule has 0 saturated carbocycles. The number of nitrogens with zero attached hydrogens (tertiary/aromatic N) is 3. The van der Waals surface area contributed by atoms with E-state index in [0.717, 1.165) is 5.39 Å². The highest BCUT2D eigenvalue weighted by atomic mass is 16.1. The van der Waals surface area contributed by atoms with Gasteiger partial charge in [-0.1, -0.05) is 0 Å². The minimum Gasteiger partial charge on any atom is -0.267 e. The maximum Gasteiger partial charge on any atom is 0.273 e. The average molecular weight is 162 g/mol. The molecule has 5 heteroatoms. The fourth-order valence-corrected chi connectivity index (χ4v) is 1.05. The molecule has 0 saturated heterocycles. The van der Waals surface area contributed by atoms with Crippen molar-refractivity contribution in [3.63, 3.8) is 0 Å². The first-order valence-electron chi connectivity index (χ1n) is 3.45. The molecule has 12 heavy (non-hydrogen) atoms. The van der Waals surface area contributed by atoms with Gasteiger partial charge in [0.1, 0.15) is 0 Å². The highest BCUT2D eigenvalue weighted by molar-refractivity contribution is 5.81. The number of hydrogen-bond acceptors (Lipinski definition) is 4. The second-order valence-electron chi connectivity index (χ2n) is 2.46. The molecule has 0 aliphatic carbocycles. The maximum absolute atomic E-state index is 11.1. The Hall–Kier alpha value is -1.78. The zero-order valence-electron chi connectivity index (χ0n) is 6.40. The highest BCUT2D eigenvalue weighted by Gasteiger charge is 2.01. The number of hydrogen-bond donors (Lipinski definition) is 1. The molecule has 0 amide bonds. The second-order valence-corrected chi connectivity index (χ2v) is 2.46. The molecule has 2 aromatic rings. The van der Waals surface area contributed by atoms with Crippen molar-refractivity contribution in [3.8, 4) is 0 Å². The number of fused-ring (bicyclic) bond motifs is 1. The van der Waals surface area contributed by atoms with Crippen LogP contribution in [-0.2, 0) is 0 Å². The molecule has 0 radical (unpaired) electrons. The Bertz CT molecular complexity index is 476. The van der Waals surface area contributed by atoms with Crippen LogP contribution in [0.25, 0.3) is 10.8 Å². The van der Waals surface area contributed by atoms with Crippen molar-refractivity contribution in [1.82, 2.24) is 20.4 Å². The number of aromatic amines is 1. The largest absolute Gasteiger partial charge is 0.273 e. The van der Waals surface area contributed by atoms with E-state index in [1.165, 1.54) is 6.20 Å². The molecule has 0 aliphatic heterocycles. The summed E-state index contributed by atoms with van der Waals surface area (Å²) in [5.74, 6) is 0. The Morgan fingerprint density at radius 3 is 2.92 bits per heavy atom. The smallest absolute Gasteiger partial charge is 0.267 e. The lowest BCUT2D eigenvalue weighted by molar-refractivity contribution is 0.968. The van der Waals surface area contributed by atoms with Crippen LogP contribution < -0.4 is 5.56 Å². The predicted molar refractivity (Wildman–Crippen MR) is 42.7 cm³/mol. The minimum absolute atomic E-state index is 0.231. The first-order chi connectivity index (χ1) is 5.79. The summed E-state index contributed by atoms with van der Waals surface area (Å²) in [6, 6.07) is 0. The van der Waals surface area contributed by atoms with Crippen molar-refractivity contribution in [1.29, 1.82) is 0 Å². The van der Waals surface area contributed by atoms with E-state index in [1.54, 1.807) is 13.1 Å². The van der Waals surface area contributed by atoms with Gasteiger partial charge in [-0.25, -0.2) is 5.10 Å². The summed E-state index contributed by atoms with van der Waals surface area (Å²) in [7, 11) is 0. The van der Waals surface area contributed by atoms with Gasteiger partial charge >= 0.3 is 0 Å². The topological polar surface area (TPSA) is 71.5 Å². The van der Waals surface area contributed by atoms with Gasteiger partial charge in [-0.15, -0.1) is 0 Å². The quantitative estimate of drug-likeness (QED) is 0.592. The molecule has 0 spiro atoms. The third kappa shape index (κ3) is 0.868. The number of aromatic nitrogens is 4. The monoisotopic (exact) mass is 162 g/mol. The number of nitrogens with one attached hydrogen (secondary N) is 1. The van der Waals surface area contributed by atoms with Gasteiger partial charge in [0.2, 0.25) is 0 Å². The molecule has 0 atom stereocenters. The second kappa shape index (κ2) is 2.37. The summed E-state index contributed by atoms with van der Waals surface area (Å²) in [4.78, 5) is 11.1. The van der Waals surface area contributed by atoms with Crippen molar-refractivity contribution in [2.24, 2.45) is 0 Å². The van der Waals surface area contributed by atoms with E-state index >= 15 is 0 Å². The summed E-state index contributed by atoms with van der Waals surface area (Å²) in [5, 5.41) is 14.7. The number of H-pyrrole nitrogens is 1. The molecule has 5 nitrogen and oxygen atoms in total. The molecule has 0 aliphatic rings. The van der Waals surface area contributed by atoms with Crippen LogP contribution in [-0.4, -0.2) is 20.4 Å². The van der Waals surface area contributed by atoms with E-state index in [4.69, 9.17) is 0 Å². The van der Waals surface area contributed by atoms with E-state index in [0.29, 0.717) is 11.1 Å². The Kier molecular flexibility index (Phi) is 1.36. The van der Waals surface area contributed by atoms with Crippen LogP contribution in [0.1, 0.15) is 5.69 Å². The molecule has 2 aromatic heterocycles. The maximum atomic E-state index is 11.1. The van der Waals surface area contributed by atoms with Gasteiger partial charge in [0.25, 0.3) is 5.56 Å². The number of rotatable bonds is 0. The van der Waals surface area contributed by atoms with Gasteiger partial charge in [0.15, 0.2) is 0 Å². The van der Waals surface area contributed by atoms with E-state index in [2.05, 4.69) is 20.4 Å². The van der Waals surface area contributed by atoms with Gasteiger partial charge < -0.3 is 0 Å². The predicted octanol–water partition coefficient (Wildman–Crippen LogP) is 0.0215. The van der Waals surface area contributed by atoms with Gasteiger partial charge in [-0.05, 0) is 6.92 Å². The molecule has 0 fully saturated rings. The Morgan fingerprint density at radius 1 is 1.33 bits per heavy atom. The third-order valence-corrected chi connectivity index (χ3v) is 1.68. The van der Waals surface area contributed by atoms with E-state index < -0.39 is 0 Å². The summed E-state index contributed by atoms with van der Waals surface area (Å²) in [6.07, 6.45) is 3.00.